The van der Waals surface area contributed by atoms with Crippen molar-refractivity contribution < 1.29 is 5.02 Å². The van der Waals surface area contributed by atoms with Crippen molar-refractivity contribution in [3.05, 3.63) is 35.4 Å². The van der Waals surface area contributed by atoms with E-state index in [9.17, 15) is 10.3 Å². The van der Waals surface area contributed by atoms with Gasteiger partial charge < -0.3 is 9.83 Å². The van der Waals surface area contributed by atoms with Crippen molar-refractivity contribution in [3.8, 4) is 6.07 Å². The topological polar surface area (TPSA) is 50.5 Å². The molecule has 4 nitrogen and oxygen atoms in total. The van der Waals surface area contributed by atoms with Gasteiger partial charge in [-0.3, -0.25) is 4.90 Å². The molecule has 0 bridgehead atoms. The molecule has 1 aliphatic heterocycles. The summed E-state index contributed by atoms with van der Waals surface area (Å²) in [7, 11) is -0.417. The predicted molar refractivity (Wildman–Crippen MR) is 81.1 cm³/mol. The number of aryl methyl sites for hydroxylation is 1. The fourth-order valence-electron chi connectivity index (χ4n) is 2.81. The third-order valence-electron chi connectivity index (χ3n) is 4.09. The van der Waals surface area contributed by atoms with E-state index in [-0.39, 0.29) is 12.1 Å². The fourth-order valence-corrected chi connectivity index (χ4v) is 2.81. The minimum absolute atomic E-state index is 0.207. The van der Waals surface area contributed by atoms with Crippen LogP contribution in [0.1, 0.15) is 24.1 Å². The van der Waals surface area contributed by atoms with Gasteiger partial charge in [0.2, 0.25) is 0 Å². The monoisotopic (exact) mass is 271 g/mol. The van der Waals surface area contributed by atoms with Crippen LogP contribution in [0.25, 0.3) is 0 Å². The molecule has 1 unspecified atom stereocenters. The van der Waals surface area contributed by atoms with Crippen LogP contribution < -0.4 is 0 Å². The molecular weight excluding hydrogens is 249 g/mol. The zero-order valence-corrected chi connectivity index (χ0v) is 12.5. The molecule has 1 aromatic carbocycles. The molecule has 106 valence electrons. The van der Waals surface area contributed by atoms with Gasteiger partial charge in [-0.05, 0) is 26.2 Å². The summed E-state index contributed by atoms with van der Waals surface area (Å²) >= 11 is 0. The van der Waals surface area contributed by atoms with E-state index in [1.54, 1.807) is 6.82 Å². The van der Waals surface area contributed by atoms with Gasteiger partial charge in [0, 0.05) is 25.7 Å². The Hall–Kier alpha value is -1.35. The summed E-state index contributed by atoms with van der Waals surface area (Å²) in [5, 5.41) is 19.2. The SMILES string of the molecule is CB(O)N1CCN(C(C#N)c2ccc(C)cc2)[C@@H](C)C1. The Balaban J connectivity index is 2.13. The molecule has 1 saturated heterocycles. The van der Waals surface area contributed by atoms with Crippen molar-refractivity contribution >= 4 is 7.05 Å². The zero-order chi connectivity index (χ0) is 14.7. The normalized spacial score (nSPS) is 22.2. The first-order valence-electron chi connectivity index (χ1n) is 7.17. The molecule has 20 heavy (non-hydrogen) atoms. The van der Waals surface area contributed by atoms with Gasteiger partial charge in [-0.15, -0.1) is 0 Å². The number of hydrogen-bond donors (Lipinski definition) is 1. The predicted octanol–water partition coefficient (Wildman–Crippen LogP) is 1.68. The third kappa shape index (κ3) is 3.21. The van der Waals surface area contributed by atoms with Crippen LogP contribution in [0.5, 0.6) is 0 Å². The quantitative estimate of drug-likeness (QED) is 0.850. The van der Waals surface area contributed by atoms with Gasteiger partial charge in [0.25, 0.3) is 0 Å². The number of benzene rings is 1. The second-order valence-corrected chi connectivity index (χ2v) is 5.66. The summed E-state index contributed by atoms with van der Waals surface area (Å²) in [5.41, 5.74) is 2.26. The van der Waals surface area contributed by atoms with Crippen molar-refractivity contribution in [1.29, 1.82) is 5.26 Å². The van der Waals surface area contributed by atoms with Crippen LogP contribution >= 0.6 is 0 Å². The first-order valence-corrected chi connectivity index (χ1v) is 7.17. The van der Waals surface area contributed by atoms with E-state index in [1.807, 2.05) is 16.9 Å². The molecule has 1 N–H and O–H groups in total. The van der Waals surface area contributed by atoms with Gasteiger partial charge in [-0.1, -0.05) is 29.8 Å². The summed E-state index contributed by atoms with van der Waals surface area (Å²) in [5.74, 6) is 0. The van der Waals surface area contributed by atoms with Crippen molar-refractivity contribution in [1.82, 2.24) is 9.71 Å². The van der Waals surface area contributed by atoms with E-state index in [0.717, 1.165) is 25.2 Å². The van der Waals surface area contributed by atoms with E-state index >= 15 is 0 Å². The van der Waals surface area contributed by atoms with E-state index in [0.29, 0.717) is 0 Å². The summed E-state index contributed by atoms with van der Waals surface area (Å²) in [6, 6.07) is 10.7. The highest BCUT2D eigenvalue weighted by Gasteiger charge is 2.32. The van der Waals surface area contributed by atoms with Crippen LogP contribution in [0.4, 0.5) is 0 Å². The fraction of sp³-hybridized carbons (Fsp3) is 0.533. The standard InChI is InChI=1S/C15H22BN3O/c1-12-4-6-14(7-5-12)15(10-17)19-9-8-18(16(3)20)11-13(19)2/h4-7,13,15,20H,8-9,11H2,1-3H3/t13-,15?/m0/s1. The Labute approximate surface area is 121 Å². The van der Waals surface area contributed by atoms with Crippen molar-refractivity contribution in [2.75, 3.05) is 19.6 Å². The minimum Gasteiger partial charge on any atom is -0.437 e. The lowest BCUT2D eigenvalue weighted by molar-refractivity contribution is 0.0967. The van der Waals surface area contributed by atoms with Crippen molar-refractivity contribution in [2.24, 2.45) is 0 Å². The van der Waals surface area contributed by atoms with Gasteiger partial charge in [-0.25, -0.2) is 0 Å². The summed E-state index contributed by atoms with van der Waals surface area (Å²) in [6.45, 7) is 8.36. The van der Waals surface area contributed by atoms with Gasteiger partial charge in [0.1, 0.15) is 6.04 Å². The third-order valence-corrected chi connectivity index (χ3v) is 4.09. The maximum atomic E-state index is 9.67. The number of hydrogen-bond acceptors (Lipinski definition) is 4. The Bertz CT molecular complexity index is 483. The minimum atomic E-state index is -0.417. The van der Waals surface area contributed by atoms with Crippen LogP contribution in [0.15, 0.2) is 24.3 Å². The second kappa shape index (κ2) is 6.40. The lowest BCUT2D eigenvalue weighted by atomic mass is 9.83. The molecule has 0 aliphatic carbocycles. The van der Waals surface area contributed by atoms with Crippen molar-refractivity contribution in [3.63, 3.8) is 0 Å². The molecule has 0 aromatic heterocycles. The molecule has 0 amide bonds. The highest BCUT2D eigenvalue weighted by molar-refractivity contribution is 6.45. The second-order valence-electron chi connectivity index (χ2n) is 5.66. The molecule has 1 aromatic rings. The van der Waals surface area contributed by atoms with Gasteiger partial charge in [-0.2, -0.15) is 5.26 Å². The Morgan fingerprint density at radius 2 is 2.00 bits per heavy atom. The Morgan fingerprint density at radius 1 is 1.35 bits per heavy atom. The first kappa shape index (κ1) is 15.1. The van der Waals surface area contributed by atoms with Gasteiger partial charge in [0.05, 0.1) is 6.07 Å². The lowest BCUT2D eigenvalue weighted by Crippen LogP contribution is -2.56. The molecule has 1 aliphatic rings. The number of nitrogens with zero attached hydrogens (tertiary/aromatic N) is 3. The number of rotatable bonds is 3. The zero-order valence-electron chi connectivity index (χ0n) is 12.5. The maximum Gasteiger partial charge on any atom is 0.376 e. The Kier molecular flexibility index (Phi) is 4.82. The average Bonchev–Trinajstić information content (AvgIpc) is 2.43. The van der Waals surface area contributed by atoms with Crippen LogP contribution in [0.2, 0.25) is 6.82 Å². The van der Waals surface area contributed by atoms with Crippen LogP contribution in [0.3, 0.4) is 0 Å². The average molecular weight is 271 g/mol. The molecule has 0 radical (unpaired) electrons. The van der Waals surface area contributed by atoms with E-state index in [4.69, 9.17) is 0 Å². The van der Waals surface area contributed by atoms with Crippen LogP contribution in [-0.2, 0) is 0 Å². The smallest absolute Gasteiger partial charge is 0.376 e. The Morgan fingerprint density at radius 3 is 2.50 bits per heavy atom. The summed E-state index contributed by atoms with van der Waals surface area (Å²) in [6.07, 6.45) is 0. The maximum absolute atomic E-state index is 9.67. The highest BCUT2D eigenvalue weighted by Crippen LogP contribution is 2.25. The first-order chi connectivity index (χ1) is 9.52. The summed E-state index contributed by atoms with van der Waals surface area (Å²) in [4.78, 5) is 4.27. The molecule has 1 heterocycles. The molecule has 0 saturated carbocycles. The van der Waals surface area contributed by atoms with E-state index in [1.165, 1.54) is 5.56 Å². The van der Waals surface area contributed by atoms with Gasteiger partial charge >= 0.3 is 7.05 Å². The molecule has 1 fully saturated rings. The summed E-state index contributed by atoms with van der Waals surface area (Å²) < 4.78 is 0. The largest absolute Gasteiger partial charge is 0.437 e. The highest BCUT2D eigenvalue weighted by atomic mass is 16.2. The molecule has 2 rings (SSSR count). The molecule has 0 spiro atoms. The van der Waals surface area contributed by atoms with E-state index in [2.05, 4.69) is 36.9 Å². The molecular formula is C15H22BN3O. The van der Waals surface area contributed by atoms with Crippen LogP contribution in [0, 0.1) is 18.3 Å². The molecule has 5 heteroatoms. The van der Waals surface area contributed by atoms with E-state index < -0.39 is 7.05 Å². The van der Waals surface area contributed by atoms with Gasteiger partial charge in [0.15, 0.2) is 0 Å². The number of nitriles is 1. The van der Waals surface area contributed by atoms with Crippen LogP contribution in [-0.4, -0.2) is 47.5 Å². The molecule has 2 atom stereocenters. The van der Waals surface area contributed by atoms with Crippen molar-refractivity contribution in [2.45, 2.75) is 32.8 Å². The number of piperazine rings is 1. The lowest BCUT2D eigenvalue weighted by Gasteiger charge is -2.42.